The fourth-order valence-electron chi connectivity index (χ4n) is 2.06. The summed E-state index contributed by atoms with van der Waals surface area (Å²) in [5.41, 5.74) is 0. The first-order chi connectivity index (χ1) is 7.27. The number of rotatable bonds is 5. The van der Waals surface area contributed by atoms with Gasteiger partial charge in [0.25, 0.3) is 0 Å². The zero-order valence-corrected chi connectivity index (χ0v) is 15.6. The molecule has 3 nitrogen and oxygen atoms in total. The Morgan fingerprint density at radius 1 is 1.53 bits per heavy atom. The van der Waals surface area contributed by atoms with Crippen molar-refractivity contribution in [2.24, 2.45) is 0 Å². The van der Waals surface area contributed by atoms with Gasteiger partial charge in [0, 0.05) is 0 Å². The first-order valence-electron chi connectivity index (χ1n) is 5.62. The second-order valence-electron chi connectivity index (χ2n) is 4.12. The standard InChI is InChI=1S/C10H18NO2.ClH.Hg/c1-13-8-7-10(12)11-9-5-3-2-4-6-9;;/h5,9H,2-4,6-8H2,1H3,(H,11,12);1H;/q;;+1/p-1. The number of hydrogen-bond donors (Lipinski definition) is 1. The summed E-state index contributed by atoms with van der Waals surface area (Å²) in [6.07, 6.45) is 5.35. The Bertz CT molecular complexity index is 204. The summed E-state index contributed by atoms with van der Waals surface area (Å²) in [6, 6.07) is 0.377. The molecular weight excluding hydrogens is 402 g/mol. The molecule has 2 unspecified atom stereocenters. The van der Waals surface area contributed by atoms with Gasteiger partial charge < -0.3 is 0 Å². The van der Waals surface area contributed by atoms with Crippen LogP contribution in [0.25, 0.3) is 0 Å². The molecule has 1 amide bonds. The van der Waals surface area contributed by atoms with Gasteiger partial charge in [0.1, 0.15) is 0 Å². The third-order valence-corrected chi connectivity index (χ3v) is 11.8. The van der Waals surface area contributed by atoms with Gasteiger partial charge in [-0.15, -0.1) is 0 Å². The van der Waals surface area contributed by atoms with Crippen LogP contribution >= 0.6 is 8.25 Å². The number of amides is 1. The molecule has 0 aromatic rings. The van der Waals surface area contributed by atoms with Crippen LogP contribution in [0.2, 0.25) is 3.43 Å². The molecule has 5 heteroatoms. The van der Waals surface area contributed by atoms with Crippen molar-refractivity contribution in [1.29, 1.82) is 0 Å². The van der Waals surface area contributed by atoms with Crippen LogP contribution in [0.15, 0.2) is 0 Å². The normalized spacial score (nSPS) is 25.7. The molecule has 0 saturated heterocycles. The van der Waals surface area contributed by atoms with E-state index in [4.69, 9.17) is 13.0 Å². The molecule has 15 heavy (non-hydrogen) atoms. The van der Waals surface area contributed by atoms with Crippen LogP contribution in [0, 0.1) is 0 Å². The van der Waals surface area contributed by atoms with Gasteiger partial charge in [-0.1, -0.05) is 0 Å². The molecule has 0 spiro atoms. The van der Waals surface area contributed by atoms with Crippen molar-refractivity contribution < 1.29 is 32.9 Å². The van der Waals surface area contributed by atoms with E-state index < -0.39 is 23.3 Å². The second-order valence-corrected chi connectivity index (χ2v) is 12.1. The van der Waals surface area contributed by atoms with E-state index in [-0.39, 0.29) is 5.91 Å². The third-order valence-electron chi connectivity index (χ3n) is 2.99. The molecule has 2 atom stereocenters. The number of methoxy groups -OCH3 is 1. The van der Waals surface area contributed by atoms with Crippen molar-refractivity contribution in [3.63, 3.8) is 0 Å². The Kier molecular flexibility index (Phi) is 7.18. The molecule has 1 aliphatic carbocycles. The summed E-state index contributed by atoms with van der Waals surface area (Å²) in [5.74, 6) is 0.118. The second kappa shape index (κ2) is 7.85. The Hall–Kier alpha value is 0.655. The number of nitrogens with one attached hydrogen (secondary N) is 1. The maximum atomic E-state index is 11.5. The van der Waals surface area contributed by atoms with Crippen molar-refractivity contribution in [3.8, 4) is 0 Å². The zero-order valence-electron chi connectivity index (χ0n) is 9.30. The van der Waals surface area contributed by atoms with E-state index in [1.165, 1.54) is 19.3 Å². The summed E-state index contributed by atoms with van der Waals surface area (Å²) in [6.45, 7) is 0.508. The van der Waals surface area contributed by atoms with Crippen LogP contribution in [-0.4, -0.2) is 25.7 Å². The summed E-state index contributed by atoms with van der Waals surface area (Å²) in [7, 11) is 7.73. The molecule has 84 valence electrons. The molecule has 0 heterocycles. The average Bonchev–Trinajstić information content (AvgIpc) is 2.27. The van der Waals surface area contributed by atoms with Gasteiger partial charge in [-0.2, -0.15) is 0 Å². The minimum absolute atomic E-state index is 0.118. The van der Waals surface area contributed by atoms with Crippen molar-refractivity contribution in [3.05, 3.63) is 0 Å². The number of ether oxygens (including phenoxy) is 1. The fraction of sp³-hybridized carbons (Fsp3) is 0.900. The van der Waals surface area contributed by atoms with Gasteiger partial charge in [0.15, 0.2) is 0 Å². The SMILES string of the molecule is COCCC(=O)NC1CCCC[CH]1[Hg][Cl]. The van der Waals surface area contributed by atoms with Gasteiger partial charge in [-0.25, -0.2) is 0 Å². The van der Waals surface area contributed by atoms with Crippen LogP contribution in [0.4, 0.5) is 0 Å². The Morgan fingerprint density at radius 2 is 2.27 bits per heavy atom. The number of carbonyl (C=O) groups excluding carboxylic acids is 1. The predicted molar refractivity (Wildman–Crippen MR) is 56.5 cm³/mol. The minimum atomic E-state index is -1.21. The van der Waals surface area contributed by atoms with Gasteiger partial charge >= 0.3 is 108 Å². The molecule has 1 aliphatic rings. The first-order valence-corrected chi connectivity index (χ1v) is 15.6. The Balaban J connectivity index is 2.30. The molecule has 0 aromatic carbocycles. The molecule has 1 N–H and O–H groups in total. The van der Waals surface area contributed by atoms with Crippen LogP contribution in [0.3, 0.4) is 0 Å². The Morgan fingerprint density at radius 3 is 2.93 bits per heavy atom. The van der Waals surface area contributed by atoms with Crippen LogP contribution < -0.4 is 5.32 Å². The topological polar surface area (TPSA) is 38.3 Å². The molecule has 1 fully saturated rings. The fourth-order valence-corrected chi connectivity index (χ4v) is 9.23. The van der Waals surface area contributed by atoms with E-state index in [1.807, 2.05) is 0 Å². The molecule has 0 aromatic heterocycles. The summed E-state index contributed by atoms with van der Waals surface area (Å²) in [4.78, 5) is 11.5. The van der Waals surface area contributed by atoms with E-state index in [0.29, 0.717) is 22.5 Å². The van der Waals surface area contributed by atoms with Gasteiger partial charge in [-0.3, -0.25) is 0 Å². The molecule has 0 bridgehead atoms. The molecular formula is C10H18ClHgNO2. The number of halogens is 1. The van der Waals surface area contributed by atoms with E-state index >= 15 is 0 Å². The van der Waals surface area contributed by atoms with E-state index in [2.05, 4.69) is 5.32 Å². The quantitative estimate of drug-likeness (QED) is 0.693. The number of carbonyl (C=O) groups is 1. The van der Waals surface area contributed by atoms with Gasteiger partial charge in [0.05, 0.1) is 0 Å². The van der Waals surface area contributed by atoms with Crippen LogP contribution in [0.1, 0.15) is 32.1 Å². The van der Waals surface area contributed by atoms with Crippen molar-refractivity contribution in [2.75, 3.05) is 13.7 Å². The summed E-state index contributed by atoms with van der Waals surface area (Å²) >= 11 is -1.21. The van der Waals surface area contributed by atoms with Crippen LogP contribution in [-0.2, 0) is 32.9 Å². The molecule has 1 rings (SSSR count). The predicted octanol–water partition coefficient (Wildman–Crippen LogP) is 2.11. The van der Waals surface area contributed by atoms with Crippen molar-refractivity contribution in [2.45, 2.75) is 41.6 Å². The monoisotopic (exact) mass is 421 g/mol. The summed E-state index contributed by atoms with van der Waals surface area (Å²) in [5, 5.41) is 3.11. The van der Waals surface area contributed by atoms with Crippen molar-refractivity contribution in [1.82, 2.24) is 5.32 Å². The average molecular weight is 420 g/mol. The zero-order chi connectivity index (χ0) is 11.1. The van der Waals surface area contributed by atoms with E-state index in [9.17, 15) is 4.79 Å². The molecule has 1 saturated carbocycles. The molecule has 0 radical (unpaired) electrons. The van der Waals surface area contributed by atoms with Gasteiger partial charge in [-0.05, 0) is 0 Å². The van der Waals surface area contributed by atoms with E-state index in [0.717, 1.165) is 6.42 Å². The maximum absolute atomic E-state index is 11.5. The van der Waals surface area contributed by atoms with Crippen molar-refractivity contribution >= 4 is 14.2 Å². The Labute approximate surface area is 107 Å². The van der Waals surface area contributed by atoms with E-state index in [1.54, 1.807) is 7.11 Å². The van der Waals surface area contributed by atoms with Gasteiger partial charge in [0.2, 0.25) is 0 Å². The van der Waals surface area contributed by atoms with Crippen LogP contribution in [0.5, 0.6) is 0 Å². The molecule has 0 aliphatic heterocycles. The number of hydrogen-bond acceptors (Lipinski definition) is 2. The summed E-state index contributed by atoms with van der Waals surface area (Å²) < 4.78 is 5.55. The first kappa shape index (κ1) is 13.7. The third kappa shape index (κ3) is 5.00.